The van der Waals surface area contributed by atoms with Crippen molar-refractivity contribution < 1.29 is 4.74 Å². The molecule has 0 N–H and O–H groups in total. The van der Waals surface area contributed by atoms with Crippen LogP contribution < -0.4 is 0 Å². The van der Waals surface area contributed by atoms with Crippen LogP contribution in [-0.2, 0) is 4.74 Å². The molecule has 3 rings (SSSR count). The number of hydrogen-bond acceptors (Lipinski definition) is 3. The van der Waals surface area contributed by atoms with E-state index in [1.54, 1.807) is 0 Å². The van der Waals surface area contributed by atoms with Crippen LogP contribution in [-0.4, -0.2) is 62.3 Å². The van der Waals surface area contributed by atoms with Crippen molar-refractivity contribution in [2.45, 2.75) is 12.5 Å². The van der Waals surface area contributed by atoms with Gasteiger partial charge in [-0.3, -0.25) is 4.90 Å². The van der Waals surface area contributed by atoms with Gasteiger partial charge in [-0.2, -0.15) is 0 Å². The highest BCUT2D eigenvalue weighted by Gasteiger charge is 2.49. The lowest BCUT2D eigenvalue weighted by atomic mass is 9.78. The van der Waals surface area contributed by atoms with Crippen molar-refractivity contribution in [1.82, 2.24) is 9.80 Å². The van der Waals surface area contributed by atoms with Crippen LogP contribution in [0.2, 0.25) is 0 Å². The molecule has 3 nitrogen and oxygen atoms in total. The summed E-state index contributed by atoms with van der Waals surface area (Å²) in [7, 11) is 2.24. The van der Waals surface area contributed by atoms with Gasteiger partial charge in [-0.15, -0.1) is 0 Å². The zero-order valence-corrected chi connectivity index (χ0v) is 8.33. The predicted octanol–water partition coefficient (Wildman–Crippen LogP) is 0.0227. The Morgan fingerprint density at radius 2 is 2.00 bits per heavy atom. The molecule has 3 aliphatic heterocycles. The Morgan fingerprint density at radius 1 is 1.23 bits per heavy atom. The standard InChI is InChI=1S/C10H18N2O/c1-11-3-2-10(6-11)7-12(8-10)9-4-13-5-9/h9H,2-8H2,1H3. The summed E-state index contributed by atoms with van der Waals surface area (Å²) in [4.78, 5) is 5.07. The minimum absolute atomic E-state index is 0.671. The van der Waals surface area contributed by atoms with Gasteiger partial charge in [0.1, 0.15) is 0 Å². The molecule has 3 fully saturated rings. The van der Waals surface area contributed by atoms with Crippen molar-refractivity contribution >= 4 is 0 Å². The van der Waals surface area contributed by atoms with Gasteiger partial charge >= 0.3 is 0 Å². The first-order valence-electron chi connectivity index (χ1n) is 5.28. The normalized spacial score (nSPS) is 34.8. The maximum Gasteiger partial charge on any atom is 0.0645 e. The number of nitrogens with zero attached hydrogens (tertiary/aromatic N) is 2. The minimum atomic E-state index is 0.671. The van der Waals surface area contributed by atoms with Gasteiger partial charge < -0.3 is 9.64 Å². The molecule has 0 saturated carbocycles. The van der Waals surface area contributed by atoms with Crippen LogP contribution in [0.25, 0.3) is 0 Å². The number of hydrogen-bond donors (Lipinski definition) is 0. The molecule has 1 spiro atoms. The molecule has 3 saturated heterocycles. The van der Waals surface area contributed by atoms with Crippen LogP contribution >= 0.6 is 0 Å². The van der Waals surface area contributed by atoms with Gasteiger partial charge in [-0.1, -0.05) is 0 Å². The Hall–Kier alpha value is -0.120. The molecule has 0 bridgehead atoms. The Bertz CT molecular complexity index is 209. The van der Waals surface area contributed by atoms with Crippen molar-refractivity contribution in [1.29, 1.82) is 0 Å². The van der Waals surface area contributed by atoms with Crippen LogP contribution in [0, 0.1) is 5.41 Å². The number of likely N-dealkylation sites (tertiary alicyclic amines) is 2. The monoisotopic (exact) mass is 182 g/mol. The Morgan fingerprint density at radius 3 is 2.46 bits per heavy atom. The number of ether oxygens (including phenoxy) is 1. The first-order valence-corrected chi connectivity index (χ1v) is 5.28. The fourth-order valence-corrected chi connectivity index (χ4v) is 2.92. The van der Waals surface area contributed by atoms with Crippen LogP contribution in [0.1, 0.15) is 6.42 Å². The van der Waals surface area contributed by atoms with E-state index in [0.29, 0.717) is 5.41 Å². The topological polar surface area (TPSA) is 15.7 Å². The minimum Gasteiger partial charge on any atom is -0.378 e. The summed E-state index contributed by atoms with van der Waals surface area (Å²) in [5.74, 6) is 0. The van der Waals surface area contributed by atoms with E-state index >= 15 is 0 Å². The zero-order valence-electron chi connectivity index (χ0n) is 8.33. The molecule has 3 aliphatic rings. The highest BCUT2D eigenvalue weighted by Crippen LogP contribution is 2.40. The largest absolute Gasteiger partial charge is 0.378 e. The summed E-state index contributed by atoms with van der Waals surface area (Å²) < 4.78 is 5.21. The second-order valence-electron chi connectivity index (χ2n) is 5.08. The lowest BCUT2D eigenvalue weighted by Gasteiger charge is -2.53. The molecule has 0 aromatic heterocycles. The quantitative estimate of drug-likeness (QED) is 0.569. The third kappa shape index (κ3) is 1.22. The molecule has 0 aliphatic carbocycles. The Labute approximate surface area is 79.6 Å². The summed E-state index contributed by atoms with van der Waals surface area (Å²) in [5.41, 5.74) is 0.671. The highest BCUT2D eigenvalue weighted by molar-refractivity contribution is 5.03. The molecule has 0 atom stereocenters. The fourth-order valence-electron chi connectivity index (χ4n) is 2.92. The van der Waals surface area contributed by atoms with Gasteiger partial charge in [-0.05, 0) is 20.0 Å². The molecular weight excluding hydrogens is 164 g/mol. The summed E-state index contributed by atoms with van der Waals surface area (Å²) in [6, 6.07) is 0.761. The third-order valence-electron chi connectivity index (χ3n) is 3.84. The van der Waals surface area contributed by atoms with Crippen molar-refractivity contribution in [2.75, 3.05) is 46.4 Å². The molecule has 3 heterocycles. The van der Waals surface area contributed by atoms with E-state index in [2.05, 4.69) is 16.8 Å². The maximum atomic E-state index is 5.21. The molecule has 74 valence electrons. The van der Waals surface area contributed by atoms with Crippen LogP contribution in [0.5, 0.6) is 0 Å². The van der Waals surface area contributed by atoms with Gasteiger partial charge in [0.05, 0.1) is 19.3 Å². The average Bonchev–Trinajstić information content (AvgIpc) is 2.27. The van der Waals surface area contributed by atoms with Crippen LogP contribution in [0.4, 0.5) is 0 Å². The second-order valence-corrected chi connectivity index (χ2v) is 5.08. The predicted molar refractivity (Wildman–Crippen MR) is 50.7 cm³/mol. The summed E-state index contributed by atoms with van der Waals surface area (Å²) in [6.07, 6.45) is 1.41. The molecular formula is C10H18N2O. The first kappa shape index (κ1) is 8.21. The van der Waals surface area contributed by atoms with E-state index in [9.17, 15) is 0 Å². The molecule has 0 radical (unpaired) electrons. The van der Waals surface area contributed by atoms with Crippen LogP contribution in [0.3, 0.4) is 0 Å². The van der Waals surface area contributed by atoms with Gasteiger partial charge in [0.2, 0.25) is 0 Å². The SMILES string of the molecule is CN1CCC2(C1)CN(C1COC1)C2. The molecule has 0 unspecified atom stereocenters. The molecule has 0 aromatic carbocycles. The maximum absolute atomic E-state index is 5.21. The lowest BCUT2D eigenvalue weighted by molar-refractivity contribution is -0.127. The van der Waals surface area contributed by atoms with Gasteiger partial charge in [-0.25, -0.2) is 0 Å². The zero-order chi connectivity index (χ0) is 8.89. The van der Waals surface area contributed by atoms with Crippen LogP contribution in [0.15, 0.2) is 0 Å². The van der Waals surface area contributed by atoms with Gasteiger partial charge in [0.25, 0.3) is 0 Å². The van der Waals surface area contributed by atoms with E-state index in [1.807, 2.05) is 0 Å². The Kier molecular flexibility index (Phi) is 1.70. The lowest BCUT2D eigenvalue weighted by Crippen LogP contribution is -2.65. The molecule has 13 heavy (non-hydrogen) atoms. The third-order valence-corrected chi connectivity index (χ3v) is 3.84. The first-order chi connectivity index (χ1) is 6.27. The van der Waals surface area contributed by atoms with Crippen molar-refractivity contribution in [3.63, 3.8) is 0 Å². The van der Waals surface area contributed by atoms with E-state index in [4.69, 9.17) is 4.74 Å². The molecule has 3 heteroatoms. The molecule has 0 amide bonds. The highest BCUT2D eigenvalue weighted by atomic mass is 16.5. The fraction of sp³-hybridized carbons (Fsp3) is 1.00. The van der Waals surface area contributed by atoms with Crippen molar-refractivity contribution in [3.8, 4) is 0 Å². The average molecular weight is 182 g/mol. The summed E-state index contributed by atoms with van der Waals surface area (Å²) in [6.45, 7) is 7.22. The van der Waals surface area contributed by atoms with Crippen molar-refractivity contribution in [2.24, 2.45) is 5.41 Å². The van der Waals surface area contributed by atoms with Crippen molar-refractivity contribution in [3.05, 3.63) is 0 Å². The van der Waals surface area contributed by atoms with E-state index in [0.717, 1.165) is 19.3 Å². The van der Waals surface area contributed by atoms with E-state index in [-0.39, 0.29) is 0 Å². The molecule has 0 aromatic rings. The van der Waals surface area contributed by atoms with Gasteiger partial charge in [0, 0.05) is 25.0 Å². The van der Waals surface area contributed by atoms with Gasteiger partial charge in [0.15, 0.2) is 0 Å². The summed E-state index contributed by atoms with van der Waals surface area (Å²) in [5, 5.41) is 0. The van der Waals surface area contributed by atoms with E-state index < -0.39 is 0 Å². The second kappa shape index (κ2) is 2.69. The smallest absolute Gasteiger partial charge is 0.0645 e. The Balaban J connectivity index is 1.55. The number of rotatable bonds is 1. The van der Waals surface area contributed by atoms with E-state index in [1.165, 1.54) is 32.6 Å². The summed E-state index contributed by atoms with van der Waals surface area (Å²) >= 11 is 0.